The van der Waals surface area contributed by atoms with Crippen molar-refractivity contribution in [2.75, 3.05) is 7.05 Å². The number of likely N-dealkylation sites (N-methyl/N-ethyl adjacent to an activating group) is 1. The average Bonchev–Trinajstić information content (AvgIpc) is 2.45. The number of benzene rings is 1. The van der Waals surface area contributed by atoms with Gasteiger partial charge in [0.15, 0.2) is 12.2 Å². The van der Waals surface area contributed by atoms with Crippen molar-refractivity contribution in [1.29, 1.82) is 0 Å². The van der Waals surface area contributed by atoms with E-state index in [2.05, 4.69) is 15.6 Å². The molecule has 0 saturated carbocycles. The van der Waals surface area contributed by atoms with E-state index in [0.29, 0.717) is 24.5 Å². The number of carbonyl (C=O) groups excluding carboxylic acids is 1. The normalized spacial score (nSPS) is 18.1. The molecule has 1 unspecified atom stereocenters. The lowest BCUT2D eigenvalue weighted by atomic mass is 10.2. The van der Waals surface area contributed by atoms with E-state index >= 15 is 0 Å². The van der Waals surface area contributed by atoms with E-state index in [-0.39, 0.29) is 5.96 Å². The Morgan fingerprint density at radius 1 is 1.50 bits per heavy atom. The Morgan fingerprint density at radius 3 is 2.85 bits per heavy atom. The topological polar surface area (TPSA) is 103 Å². The van der Waals surface area contributed by atoms with Crippen LogP contribution < -0.4 is 16.4 Å². The lowest BCUT2D eigenvalue weighted by molar-refractivity contribution is -0.116. The number of hydrogen-bond donors (Lipinski definition) is 4. The molecule has 7 heteroatoms. The summed E-state index contributed by atoms with van der Waals surface area (Å²) < 4.78 is 0. The number of nitrogens with two attached hydrogens (primary N) is 1. The van der Waals surface area contributed by atoms with Crippen molar-refractivity contribution in [2.24, 2.45) is 10.7 Å². The average molecular weight is 275 g/mol. The number of aliphatic hydroxyl groups excluding tert-OH is 1. The molecule has 7 nitrogen and oxygen atoms in total. The molecular weight excluding hydrogens is 258 g/mol. The highest BCUT2D eigenvalue weighted by molar-refractivity contribution is 5.81. The van der Waals surface area contributed by atoms with Gasteiger partial charge in [-0.25, -0.2) is 4.99 Å². The van der Waals surface area contributed by atoms with Crippen LogP contribution in [0.15, 0.2) is 46.8 Å². The van der Waals surface area contributed by atoms with Crippen molar-refractivity contribution < 1.29 is 9.90 Å². The second kappa shape index (κ2) is 6.07. The first kappa shape index (κ1) is 13.9. The fraction of sp³-hybridized carbons (Fsp3) is 0.231. The van der Waals surface area contributed by atoms with Crippen LogP contribution in [0, 0.1) is 0 Å². The van der Waals surface area contributed by atoms with Gasteiger partial charge in [0.1, 0.15) is 11.5 Å². The van der Waals surface area contributed by atoms with Gasteiger partial charge in [0, 0.05) is 13.6 Å². The number of aliphatic hydroxyl groups is 1. The number of amides is 1. The van der Waals surface area contributed by atoms with Gasteiger partial charge in [-0.05, 0) is 5.56 Å². The smallest absolute Gasteiger partial charge is 0.213 e. The first-order chi connectivity index (χ1) is 9.61. The number of guanidine groups is 1. The number of carbonyl (C=O) groups is 1. The highest BCUT2D eigenvalue weighted by Gasteiger charge is 2.24. The lowest BCUT2D eigenvalue weighted by Gasteiger charge is -2.28. The second-order valence-electron chi connectivity index (χ2n) is 4.33. The van der Waals surface area contributed by atoms with Gasteiger partial charge >= 0.3 is 0 Å². The van der Waals surface area contributed by atoms with Gasteiger partial charge < -0.3 is 26.4 Å². The summed E-state index contributed by atoms with van der Waals surface area (Å²) in [6.45, 7) is 0.527. The maximum absolute atomic E-state index is 10.9. The number of rotatable bonds is 5. The molecular formula is C13H17N5O2. The van der Waals surface area contributed by atoms with Crippen LogP contribution in [0.4, 0.5) is 0 Å². The number of aliphatic imine (C=N–C) groups is 1. The molecule has 5 N–H and O–H groups in total. The third kappa shape index (κ3) is 3.07. The van der Waals surface area contributed by atoms with Crippen LogP contribution >= 0.6 is 0 Å². The monoisotopic (exact) mass is 275 g/mol. The van der Waals surface area contributed by atoms with E-state index in [1.165, 1.54) is 11.9 Å². The zero-order valence-electron chi connectivity index (χ0n) is 11.1. The molecule has 0 aliphatic carbocycles. The molecule has 0 fully saturated rings. The van der Waals surface area contributed by atoms with E-state index in [4.69, 9.17) is 5.73 Å². The minimum atomic E-state index is -1.18. The minimum Gasteiger partial charge on any atom is -0.370 e. The Labute approximate surface area is 116 Å². The van der Waals surface area contributed by atoms with Gasteiger partial charge in [0.2, 0.25) is 6.41 Å². The molecule has 1 aromatic carbocycles. The maximum Gasteiger partial charge on any atom is 0.213 e. The van der Waals surface area contributed by atoms with Crippen molar-refractivity contribution >= 4 is 12.4 Å². The van der Waals surface area contributed by atoms with Crippen LogP contribution in [-0.4, -0.2) is 35.7 Å². The Kier molecular flexibility index (Phi) is 4.21. The molecule has 1 aliphatic rings. The number of nitrogens with one attached hydrogen (secondary N) is 2. The SMILES string of the molecule is CN(C=O)C1=C(NCc2ccccc2)NC(N)=NC1O. The summed E-state index contributed by atoms with van der Waals surface area (Å²) >= 11 is 0. The molecule has 0 saturated heterocycles. The first-order valence-corrected chi connectivity index (χ1v) is 6.10. The van der Waals surface area contributed by atoms with Gasteiger partial charge in [0.05, 0.1) is 0 Å². The van der Waals surface area contributed by atoms with Gasteiger partial charge in [0.25, 0.3) is 0 Å². The van der Waals surface area contributed by atoms with Crippen LogP contribution in [0.25, 0.3) is 0 Å². The summed E-state index contributed by atoms with van der Waals surface area (Å²) in [7, 11) is 1.54. The molecule has 1 atom stereocenters. The van der Waals surface area contributed by atoms with Gasteiger partial charge in [-0.3, -0.25) is 4.79 Å². The highest BCUT2D eigenvalue weighted by Crippen LogP contribution is 2.14. The quantitative estimate of drug-likeness (QED) is 0.531. The third-order valence-corrected chi connectivity index (χ3v) is 2.87. The number of hydrogen-bond acceptors (Lipinski definition) is 6. The molecule has 1 aliphatic heterocycles. The lowest BCUT2D eigenvalue weighted by Crippen LogP contribution is -2.46. The fourth-order valence-electron chi connectivity index (χ4n) is 1.88. The Morgan fingerprint density at radius 2 is 2.20 bits per heavy atom. The van der Waals surface area contributed by atoms with Crippen LogP contribution in [-0.2, 0) is 11.3 Å². The van der Waals surface area contributed by atoms with E-state index in [1.54, 1.807) is 0 Å². The summed E-state index contributed by atoms with van der Waals surface area (Å²) in [6, 6.07) is 9.73. The maximum atomic E-state index is 10.9. The molecule has 1 aromatic rings. The Bertz CT molecular complexity index is 541. The summed E-state index contributed by atoms with van der Waals surface area (Å²) in [5.41, 5.74) is 6.97. The molecule has 20 heavy (non-hydrogen) atoms. The molecule has 106 valence electrons. The molecule has 0 radical (unpaired) electrons. The van der Waals surface area contributed by atoms with Crippen LogP contribution in [0.3, 0.4) is 0 Å². The van der Waals surface area contributed by atoms with Gasteiger partial charge in [-0.2, -0.15) is 0 Å². The second-order valence-corrected chi connectivity index (χ2v) is 4.33. The summed E-state index contributed by atoms with van der Waals surface area (Å²) in [4.78, 5) is 15.9. The Hall–Kier alpha value is -2.54. The molecule has 0 aromatic heterocycles. The summed E-state index contributed by atoms with van der Waals surface area (Å²) in [6.07, 6.45) is -0.578. The third-order valence-electron chi connectivity index (χ3n) is 2.87. The van der Waals surface area contributed by atoms with Crippen molar-refractivity contribution in [1.82, 2.24) is 15.5 Å². The highest BCUT2D eigenvalue weighted by atomic mass is 16.3. The van der Waals surface area contributed by atoms with E-state index in [0.717, 1.165) is 5.56 Å². The summed E-state index contributed by atoms with van der Waals surface area (Å²) in [5.74, 6) is 0.555. The van der Waals surface area contributed by atoms with Crippen LogP contribution in [0.5, 0.6) is 0 Å². The van der Waals surface area contributed by atoms with Crippen LogP contribution in [0.1, 0.15) is 5.56 Å². The summed E-state index contributed by atoms with van der Waals surface area (Å²) in [5, 5.41) is 15.8. The van der Waals surface area contributed by atoms with Crippen LogP contribution in [0.2, 0.25) is 0 Å². The first-order valence-electron chi connectivity index (χ1n) is 6.10. The largest absolute Gasteiger partial charge is 0.370 e. The standard InChI is InChI=1S/C13H17N5O2/c1-18(8-19)10-11(16-13(14)17-12(10)20)15-7-9-5-3-2-4-6-9/h2-6,8,12,15,20H,7H2,1H3,(H3,14,16,17). The van der Waals surface area contributed by atoms with Crippen molar-refractivity contribution in [2.45, 2.75) is 12.8 Å². The van der Waals surface area contributed by atoms with Crippen molar-refractivity contribution in [3.63, 3.8) is 0 Å². The number of nitrogens with zero attached hydrogens (tertiary/aromatic N) is 2. The van der Waals surface area contributed by atoms with E-state index in [9.17, 15) is 9.90 Å². The van der Waals surface area contributed by atoms with Gasteiger partial charge in [-0.15, -0.1) is 0 Å². The molecule has 1 amide bonds. The van der Waals surface area contributed by atoms with E-state index < -0.39 is 6.23 Å². The molecule has 0 bridgehead atoms. The fourth-order valence-corrected chi connectivity index (χ4v) is 1.88. The molecule has 2 rings (SSSR count). The Balaban J connectivity index is 2.18. The van der Waals surface area contributed by atoms with Gasteiger partial charge in [-0.1, -0.05) is 30.3 Å². The van der Waals surface area contributed by atoms with E-state index in [1.807, 2.05) is 30.3 Å². The molecule has 0 spiro atoms. The predicted octanol–water partition coefficient (Wildman–Crippen LogP) is -0.730. The zero-order chi connectivity index (χ0) is 14.5. The molecule has 1 heterocycles. The minimum absolute atomic E-state index is 0.0936. The zero-order valence-corrected chi connectivity index (χ0v) is 11.1. The van der Waals surface area contributed by atoms with Crippen molar-refractivity contribution in [3.05, 3.63) is 47.4 Å². The predicted molar refractivity (Wildman–Crippen MR) is 74.9 cm³/mol. The van der Waals surface area contributed by atoms with Crippen molar-refractivity contribution in [3.8, 4) is 0 Å².